The summed E-state index contributed by atoms with van der Waals surface area (Å²) in [5.74, 6) is 0.0630. The second kappa shape index (κ2) is 11.7. The first-order chi connectivity index (χ1) is 19.9. The number of nitrogens with zero attached hydrogens (tertiary/aromatic N) is 1. The zero-order valence-corrected chi connectivity index (χ0v) is 24.4. The highest BCUT2D eigenvalue weighted by molar-refractivity contribution is 6.08. The maximum absolute atomic E-state index is 14.0. The molecule has 220 valence electrons. The lowest BCUT2D eigenvalue weighted by Crippen LogP contribution is -2.27. The number of nitrogens with one attached hydrogen (secondary N) is 1. The third kappa shape index (κ3) is 5.80. The Morgan fingerprint density at radius 2 is 1.45 bits per heavy atom. The van der Waals surface area contributed by atoms with Crippen molar-refractivity contribution in [1.82, 2.24) is 4.57 Å². The molecule has 0 aliphatic carbocycles. The molecular formula is C31H32N2O9. The highest BCUT2D eigenvalue weighted by atomic mass is 16.6. The van der Waals surface area contributed by atoms with Crippen LogP contribution in [0.5, 0.6) is 23.0 Å². The molecule has 0 saturated carbocycles. The number of esters is 1. The number of amides is 1. The van der Waals surface area contributed by atoms with Crippen molar-refractivity contribution in [3.05, 3.63) is 70.6 Å². The van der Waals surface area contributed by atoms with Crippen LogP contribution < -0.4 is 25.1 Å². The molecule has 1 aromatic heterocycles. The average Bonchev–Trinajstić information content (AvgIpc) is 2.95. The van der Waals surface area contributed by atoms with Crippen LogP contribution >= 0.6 is 0 Å². The van der Waals surface area contributed by atoms with E-state index in [4.69, 9.17) is 23.7 Å². The van der Waals surface area contributed by atoms with E-state index >= 15 is 0 Å². The molecule has 0 unspecified atom stereocenters. The Hall–Kier alpha value is -5.19. The first-order valence-electron chi connectivity index (χ1n) is 12.8. The molecule has 0 aliphatic rings. The van der Waals surface area contributed by atoms with Gasteiger partial charge in [0, 0.05) is 16.9 Å². The van der Waals surface area contributed by atoms with Crippen LogP contribution in [-0.2, 0) is 9.47 Å². The third-order valence-electron chi connectivity index (χ3n) is 6.27. The molecule has 0 bridgehead atoms. The highest BCUT2D eigenvalue weighted by Gasteiger charge is 2.27. The Labute approximate surface area is 242 Å². The van der Waals surface area contributed by atoms with Crippen molar-refractivity contribution in [2.45, 2.75) is 26.4 Å². The predicted octanol–water partition coefficient (Wildman–Crippen LogP) is 5.52. The molecule has 2 N–H and O–H groups in total. The lowest BCUT2D eigenvalue weighted by molar-refractivity contribution is 0.0589. The van der Waals surface area contributed by atoms with Gasteiger partial charge >= 0.3 is 12.1 Å². The molecule has 0 fully saturated rings. The molecule has 0 spiro atoms. The van der Waals surface area contributed by atoms with E-state index in [1.165, 1.54) is 45.1 Å². The van der Waals surface area contributed by atoms with Crippen LogP contribution in [0.15, 0.2) is 59.4 Å². The molecular weight excluding hydrogens is 544 g/mol. The smallest absolute Gasteiger partial charge is 0.412 e. The highest BCUT2D eigenvalue weighted by Crippen LogP contribution is 2.44. The molecule has 3 aromatic carbocycles. The minimum absolute atomic E-state index is 0.0807. The summed E-state index contributed by atoms with van der Waals surface area (Å²) in [4.78, 5) is 39.7. The Kier molecular flexibility index (Phi) is 8.32. The summed E-state index contributed by atoms with van der Waals surface area (Å²) in [7, 11) is 5.61. The van der Waals surface area contributed by atoms with Gasteiger partial charge in [-0.2, -0.15) is 0 Å². The van der Waals surface area contributed by atoms with E-state index in [0.717, 1.165) is 0 Å². The fourth-order valence-corrected chi connectivity index (χ4v) is 4.56. The maximum Gasteiger partial charge on any atom is 0.412 e. The van der Waals surface area contributed by atoms with Crippen molar-refractivity contribution >= 4 is 28.5 Å². The Morgan fingerprint density at radius 3 is 1.98 bits per heavy atom. The van der Waals surface area contributed by atoms with Crippen LogP contribution in [-0.4, -0.2) is 55.8 Å². The molecule has 1 heterocycles. The van der Waals surface area contributed by atoms with Crippen molar-refractivity contribution in [2.24, 2.45) is 0 Å². The number of carbonyl (C=O) groups is 2. The summed E-state index contributed by atoms with van der Waals surface area (Å²) in [5.41, 5.74) is 0.141. The fourth-order valence-electron chi connectivity index (χ4n) is 4.56. The van der Waals surface area contributed by atoms with Crippen molar-refractivity contribution in [3.63, 3.8) is 0 Å². The van der Waals surface area contributed by atoms with Gasteiger partial charge in [0.25, 0.3) is 5.56 Å². The Bertz CT molecular complexity index is 1690. The second-order valence-corrected chi connectivity index (χ2v) is 10.2. The van der Waals surface area contributed by atoms with E-state index in [9.17, 15) is 19.5 Å². The quantitative estimate of drug-likeness (QED) is 0.273. The summed E-state index contributed by atoms with van der Waals surface area (Å²) in [6, 6.07) is 13.9. The molecule has 0 saturated heterocycles. The largest absolute Gasteiger partial charge is 0.508 e. The van der Waals surface area contributed by atoms with Crippen LogP contribution in [0.2, 0.25) is 0 Å². The Balaban J connectivity index is 2.03. The first kappa shape index (κ1) is 29.8. The van der Waals surface area contributed by atoms with Crippen LogP contribution in [0, 0.1) is 0 Å². The van der Waals surface area contributed by atoms with Gasteiger partial charge in [0.2, 0.25) is 5.75 Å². The lowest BCUT2D eigenvalue weighted by Gasteiger charge is -2.21. The number of rotatable bonds is 7. The van der Waals surface area contributed by atoms with E-state index in [-0.39, 0.29) is 16.8 Å². The molecule has 1 amide bonds. The monoisotopic (exact) mass is 576 g/mol. The molecule has 0 radical (unpaired) electrons. The van der Waals surface area contributed by atoms with Crippen LogP contribution in [0.3, 0.4) is 0 Å². The number of benzene rings is 3. The number of hydrogen-bond donors (Lipinski definition) is 2. The van der Waals surface area contributed by atoms with E-state index in [1.54, 1.807) is 63.2 Å². The number of aromatic hydroxyl groups is 1. The SMILES string of the molecule is COC(=O)c1c(-c2cc(OC)c(OC)c(OC)c2)c2ccc(O)cc2c(=O)n1-c1ccc(NC(=O)OC(C)(C)C)cc1. The van der Waals surface area contributed by atoms with Gasteiger partial charge in [-0.15, -0.1) is 0 Å². The minimum Gasteiger partial charge on any atom is -0.508 e. The fraction of sp³-hybridized carbons (Fsp3) is 0.258. The predicted molar refractivity (Wildman–Crippen MR) is 157 cm³/mol. The van der Waals surface area contributed by atoms with E-state index in [0.29, 0.717) is 45.1 Å². The molecule has 11 nitrogen and oxygen atoms in total. The van der Waals surface area contributed by atoms with Crippen molar-refractivity contribution in [2.75, 3.05) is 33.8 Å². The van der Waals surface area contributed by atoms with Gasteiger partial charge in [-0.05, 0) is 86.3 Å². The number of fused-ring (bicyclic) bond motifs is 1. The maximum atomic E-state index is 14.0. The van der Waals surface area contributed by atoms with Crippen molar-refractivity contribution < 1.29 is 38.4 Å². The number of aromatic nitrogens is 1. The summed E-state index contributed by atoms with van der Waals surface area (Å²) in [6.07, 6.45) is -0.645. The molecule has 4 rings (SSSR count). The van der Waals surface area contributed by atoms with Gasteiger partial charge in [0.05, 0.1) is 33.8 Å². The lowest BCUT2D eigenvalue weighted by atomic mass is 9.95. The van der Waals surface area contributed by atoms with Gasteiger partial charge in [-0.25, -0.2) is 9.59 Å². The molecule has 11 heteroatoms. The Morgan fingerprint density at radius 1 is 0.833 bits per heavy atom. The first-order valence-corrected chi connectivity index (χ1v) is 12.8. The molecule has 4 aromatic rings. The summed E-state index contributed by atoms with van der Waals surface area (Å²) in [6.45, 7) is 5.25. The van der Waals surface area contributed by atoms with Crippen LogP contribution in [0.4, 0.5) is 10.5 Å². The van der Waals surface area contributed by atoms with Crippen LogP contribution in [0.25, 0.3) is 27.6 Å². The normalized spacial score (nSPS) is 11.1. The second-order valence-electron chi connectivity index (χ2n) is 10.2. The van der Waals surface area contributed by atoms with E-state index < -0.39 is 23.2 Å². The zero-order valence-electron chi connectivity index (χ0n) is 24.4. The van der Waals surface area contributed by atoms with E-state index in [1.807, 2.05) is 0 Å². The number of pyridine rings is 1. The summed E-state index contributed by atoms with van der Waals surface area (Å²) >= 11 is 0. The van der Waals surface area contributed by atoms with Gasteiger partial charge in [-0.1, -0.05) is 0 Å². The molecule has 42 heavy (non-hydrogen) atoms. The van der Waals surface area contributed by atoms with Gasteiger partial charge in [0.15, 0.2) is 11.5 Å². The molecule has 0 atom stereocenters. The molecule has 0 aliphatic heterocycles. The number of phenols is 1. The van der Waals surface area contributed by atoms with E-state index in [2.05, 4.69) is 5.32 Å². The zero-order chi connectivity index (χ0) is 30.8. The average molecular weight is 577 g/mol. The van der Waals surface area contributed by atoms with Crippen LogP contribution in [0.1, 0.15) is 31.3 Å². The van der Waals surface area contributed by atoms with Gasteiger partial charge in [-0.3, -0.25) is 14.7 Å². The van der Waals surface area contributed by atoms with Gasteiger partial charge in [0.1, 0.15) is 17.0 Å². The number of carbonyl (C=O) groups excluding carboxylic acids is 2. The number of ether oxygens (including phenoxy) is 5. The minimum atomic E-state index is -0.790. The standard InChI is InChI=1S/C31H32N2O9/c1-31(2,3)42-30(37)32-18-8-10-19(11-9-18)33-26(29(36)41-7)25(21-13-12-20(34)16-22(21)28(33)35)17-14-23(38-4)27(40-6)24(15-17)39-5/h8-16,34H,1-7H3,(H,32,37). The number of anilines is 1. The number of methoxy groups -OCH3 is 4. The number of hydrogen-bond acceptors (Lipinski definition) is 9. The summed E-state index contributed by atoms with van der Waals surface area (Å²) in [5, 5.41) is 13.4. The van der Waals surface area contributed by atoms with Gasteiger partial charge < -0.3 is 28.8 Å². The van der Waals surface area contributed by atoms with Crippen molar-refractivity contribution in [1.29, 1.82) is 0 Å². The third-order valence-corrected chi connectivity index (χ3v) is 6.27. The van der Waals surface area contributed by atoms with Crippen molar-refractivity contribution in [3.8, 4) is 39.8 Å². The number of phenolic OH excluding ortho intramolecular Hbond substituents is 1. The topological polar surface area (TPSA) is 135 Å². The summed E-state index contributed by atoms with van der Waals surface area (Å²) < 4.78 is 28.2.